The Kier molecular flexibility index (Phi) is 12.9. The molecule has 2 aliphatic heterocycles. The monoisotopic (exact) mass is 1030 g/mol. The largest absolute Gasteiger partial charge is 0.497 e. The molecule has 13 rings (SSSR count). The van der Waals surface area contributed by atoms with Gasteiger partial charge in [-0.2, -0.15) is 4.58 Å². The van der Waals surface area contributed by atoms with Crippen molar-refractivity contribution in [1.82, 2.24) is 4.90 Å². The van der Waals surface area contributed by atoms with Gasteiger partial charge in [0.1, 0.15) is 5.76 Å². The second kappa shape index (κ2) is 20.4. The first kappa shape index (κ1) is 50.1. The lowest BCUT2D eigenvalue weighted by atomic mass is 9.75. The van der Waals surface area contributed by atoms with E-state index in [-0.39, 0.29) is 22.8 Å². The van der Waals surface area contributed by atoms with E-state index in [2.05, 4.69) is 280 Å². The molecule has 2 aliphatic carbocycles. The number of aryl methyl sites for hydroxylation is 1. The first-order chi connectivity index (χ1) is 38.6. The zero-order valence-corrected chi connectivity index (χ0v) is 46.6. The van der Waals surface area contributed by atoms with E-state index in [0.717, 1.165) is 55.9 Å². The van der Waals surface area contributed by atoms with Crippen LogP contribution in [-0.4, -0.2) is 41.4 Å². The molecule has 0 saturated carbocycles. The molecule has 2 unspecified atom stereocenters. The molecule has 1 fully saturated rings. The molecule has 0 aromatic heterocycles. The van der Waals surface area contributed by atoms with Gasteiger partial charge in [-0.3, -0.25) is 0 Å². The molecule has 2 heterocycles. The minimum atomic E-state index is -0.224. The van der Waals surface area contributed by atoms with E-state index < -0.39 is 0 Å². The second-order valence-electron chi connectivity index (χ2n) is 23.3. The highest BCUT2D eigenvalue weighted by Gasteiger charge is 2.49. The number of likely N-dealkylation sites (tertiary alicyclic amines) is 1. The predicted molar refractivity (Wildman–Crippen MR) is 333 cm³/mol. The number of fused-ring (bicyclic) bond motifs is 6. The van der Waals surface area contributed by atoms with Crippen LogP contribution in [0, 0.1) is 18.3 Å². The van der Waals surface area contributed by atoms with Gasteiger partial charge in [0, 0.05) is 59.1 Å². The number of rotatable bonds is 13. The second-order valence-corrected chi connectivity index (χ2v) is 23.3. The summed E-state index contributed by atoms with van der Waals surface area (Å²) in [5.41, 5.74) is 15.3. The van der Waals surface area contributed by atoms with Crippen LogP contribution in [0.2, 0.25) is 0 Å². The molecule has 4 heteroatoms. The fourth-order valence-electron chi connectivity index (χ4n) is 14.0. The van der Waals surface area contributed by atoms with Crippen molar-refractivity contribution in [2.45, 2.75) is 71.8 Å². The Hall–Kier alpha value is -8.47. The van der Waals surface area contributed by atoms with Crippen LogP contribution in [0.5, 0.6) is 0 Å². The Balaban J connectivity index is 0.946. The number of anilines is 2. The summed E-state index contributed by atoms with van der Waals surface area (Å²) < 4.78 is 8.57. The van der Waals surface area contributed by atoms with Crippen LogP contribution in [0.15, 0.2) is 259 Å². The number of para-hydroxylation sites is 2. The van der Waals surface area contributed by atoms with Gasteiger partial charge >= 0.3 is 0 Å². The minimum absolute atomic E-state index is 0.180. The Morgan fingerprint density at radius 2 is 1.15 bits per heavy atom. The third-order valence-electron chi connectivity index (χ3n) is 18.0. The topological polar surface area (TPSA) is 18.7 Å². The zero-order valence-electron chi connectivity index (χ0n) is 46.6. The quantitative estimate of drug-likeness (QED) is 0.0847. The van der Waals surface area contributed by atoms with Crippen LogP contribution < -0.4 is 4.90 Å². The number of hydrogen-bond acceptors (Lipinski definition) is 3. The van der Waals surface area contributed by atoms with E-state index >= 15 is 0 Å². The molecule has 9 aromatic rings. The molecule has 4 nitrogen and oxygen atoms in total. The summed E-state index contributed by atoms with van der Waals surface area (Å²) in [6.07, 6.45) is 20.6. The van der Waals surface area contributed by atoms with Gasteiger partial charge in [-0.25, -0.2) is 0 Å². The first-order valence-electron chi connectivity index (χ1n) is 28.6. The van der Waals surface area contributed by atoms with E-state index in [1.807, 2.05) is 0 Å². The molecule has 0 spiro atoms. The third-order valence-corrected chi connectivity index (χ3v) is 18.0. The standard InChI is InChI=1S/C75H70N3O/c1-51-33-39-69-67(47-51)74(2,3)71(76(69)45-43-65-61-29-17-13-21-54(61)48-55-22-14-18-30-62(55)65)41-36-52-34-35-53(73(52)78(58-25-9-7-10-26-58)59-27-11-8-12-28-59)37-42-72-75(4,5)68-50-60(79-6)38-40-70(68)77(72)46-44-66-63-31-19-15-23-56(63)49-57-24-16-20-32-64(57)66/h7-33,36-42,47-50,68,70H,34-35,43-46H2,1-6H3/q+1. The highest BCUT2D eigenvalue weighted by atomic mass is 16.5. The highest BCUT2D eigenvalue weighted by Crippen LogP contribution is 2.52. The summed E-state index contributed by atoms with van der Waals surface area (Å²) in [6, 6.07) is 69.7. The van der Waals surface area contributed by atoms with Gasteiger partial charge in [-0.15, -0.1) is 0 Å². The van der Waals surface area contributed by atoms with E-state index in [1.54, 1.807) is 7.11 Å². The molecule has 0 N–H and O–H groups in total. The Morgan fingerprint density at radius 1 is 0.608 bits per heavy atom. The first-order valence-corrected chi connectivity index (χ1v) is 28.6. The van der Waals surface area contributed by atoms with Crippen LogP contribution in [0.25, 0.3) is 43.1 Å². The van der Waals surface area contributed by atoms with Crippen molar-refractivity contribution in [3.05, 3.63) is 281 Å². The van der Waals surface area contributed by atoms with Gasteiger partial charge < -0.3 is 14.5 Å². The lowest BCUT2D eigenvalue weighted by Gasteiger charge is -2.30. The van der Waals surface area contributed by atoms with Crippen LogP contribution in [0.1, 0.15) is 62.8 Å². The number of methoxy groups -OCH3 is 1. The summed E-state index contributed by atoms with van der Waals surface area (Å²) in [7, 11) is 1.80. The Bertz CT molecular complexity index is 3940. The molecule has 9 aromatic carbocycles. The van der Waals surface area contributed by atoms with Gasteiger partial charge in [0.25, 0.3) is 0 Å². The molecule has 390 valence electrons. The van der Waals surface area contributed by atoms with Crippen LogP contribution in [-0.2, 0) is 23.0 Å². The fourth-order valence-corrected chi connectivity index (χ4v) is 14.0. The van der Waals surface area contributed by atoms with Crippen LogP contribution >= 0.6 is 0 Å². The summed E-state index contributed by atoms with van der Waals surface area (Å²) in [5, 5.41) is 10.5. The molecule has 0 radical (unpaired) electrons. The van der Waals surface area contributed by atoms with E-state index in [9.17, 15) is 0 Å². The average molecular weight is 1030 g/mol. The van der Waals surface area contributed by atoms with E-state index in [4.69, 9.17) is 4.74 Å². The predicted octanol–water partition coefficient (Wildman–Crippen LogP) is 18.1. The maximum atomic E-state index is 5.94. The summed E-state index contributed by atoms with van der Waals surface area (Å²) in [4.78, 5) is 5.24. The maximum absolute atomic E-state index is 5.94. The molecule has 1 saturated heterocycles. The lowest BCUT2D eigenvalue weighted by molar-refractivity contribution is -0.436. The van der Waals surface area contributed by atoms with E-state index in [0.29, 0.717) is 0 Å². The van der Waals surface area contributed by atoms with E-state index in [1.165, 1.54) is 99.3 Å². The smallest absolute Gasteiger partial charge is 0.209 e. The molecule has 0 amide bonds. The van der Waals surface area contributed by atoms with Crippen molar-refractivity contribution in [3.63, 3.8) is 0 Å². The SMILES string of the molecule is COC1=CC2C(C=C1)N(CCc1c3ccccc3cc3ccccc13)/C(=C/C=C1\CCC(/C=C/C3=[N+](CCc4c5ccccc5cc5ccccc45)c4ccc(C)cc4C3(C)C)=C1N(c1ccccc1)c1ccccc1)C2(C)C. The zero-order chi connectivity index (χ0) is 53.8. The van der Waals surface area contributed by atoms with Crippen LogP contribution in [0.4, 0.5) is 17.1 Å². The summed E-state index contributed by atoms with van der Waals surface area (Å²) >= 11 is 0. The van der Waals surface area contributed by atoms with Crippen LogP contribution in [0.3, 0.4) is 0 Å². The van der Waals surface area contributed by atoms with Gasteiger partial charge in [0.2, 0.25) is 5.69 Å². The molecular weight excluding hydrogens is 959 g/mol. The number of nitrogens with zero attached hydrogens (tertiary/aromatic N) is 3. The molecule has 4 aliphatic rings. The number of ether oxygens (including phenoxy) is 1. The number of allylic oxidation sites excluding steroid dienone is 8. The summed E-state index contributed by atoms with van der Waals surface area (Å²) in [5.74, 6) is 1.18. The van der Waals surface area contributed by atoms with Gasteiger partial charge in [-0.1, -0.05) is 177 Å². The lowest BCUT2D eigenvalue weighted by Crippen LogP contribution is -2.33. The third kappa shape index (κ3) is 8.92. The minimum Gasteiger partial charge on any atom is -0.497 e. The van der Waals surface area contributed by atoms with Crippen molar-refractivity contribution in [2.24, 2.45) is 11.3 Å². The van der Waals surface area contributed by atoms with Crippen molar-refractivity contribution >= 4 is 65.9 Å². The number of benzene rings is 9. The van der Waals surface area contributed by atoms with Crippen molar-refractivity contribution in [2.75, 3.05) is 25.1 Å². The average Bonchev–Trinajstić information content (AvgIpc) is 4.14. The maximum Gasteiger partial charge on any atom is 0.209 e. The summed E-state index contributed by atoms with van der Waals surface area (Å²) in [6.45, 7) is 13.7. The highest BCUT2D eigenvalue weighted by molar-refractivity contribution is 6.05. The van der Waals surface area contributed by atoms with Crippen molar-refractivity contribution in [1.29, 1.82) is 0 Å². The number of hydrogen-bond donors (Lipinski definition) is 0. The van der Waals surface area contributed by atoms with Crippen molar-refractivity contribution in [3.8, 4) is 0 Å². The van der Waals surface area contributed by atoms with Gasteiger partial charge in [0.15, 0.2) is 12.3 Å². The van der Waals surface area contributed by atoms with Crippen molar-refractivity contribution < 1.29 is 9.31 Å². The molecule has 2 atom stereocenters. The Morgan fingerprint density at radius 3 is 1.72 bits per heavy atom. The van der Waals surface area contributed by atoms with Gasteiger partial charge in [0.05, 0.1) is 24.3 Å². The molecular formula is C75H70N3O+. The normalized spacial score (nSPS) is 19.5. The Labute approximate surface area is 467 Å². The molecule has 0 bridgehead atoms. The molecule has 79 heavy (non-hydrogen) atoms. The van der Waals surface area contributed by atoms with Gasteiger partial charge in [-0.05, 0) is 166 Å². The fraction of sp³-hybridized carbons (Fsp3) is 0.213.